The summed E-state index contributed by atoms with van der Waals surface area (Å²) in [6.07, 6.45) is 1.44. The molecule has 1 aliphatic heterocycles. The van der Waals surface area contributed by atoms with Crippen molar-refractivity contribution in [2.45, 2.75) is 12.6 Å². The van der Waals surface area contributed by atoms with Crippen molar-refractivity contribution in [3.05, 3.63) is 0 Å². The average Bonchev–Trinajstić information content (AvgIpc) is 1.79. The molecule has 1 heterocycles. The minimum Gasteiger partial charge on any atom is -0.329 e. The molecule has 1 aliphatic rings. The molecule has 3 heteroatoms. The van der Waals surface area contributed by atoms with Crippen LogP contribution in [0.25, 0.3) is 0 Å². The zero-order valence-corrected chi connectivity index (χ0v) is 5.01. The minimum absolute atomic E-state index is 0.304. The molecular weight excluding hydrogens is 102 g/mol. The van der Waals surface area contributed by atoms with Crippen LogP contribution in [0, 0.1) is 0 Å². The summed E-state index contributed by atoms with van der Waals surface area (Å²) in [4.78, 5) is 2.18. The summed E-state index contributed by atoms with van der Waals surface area (Å²) in [5.74, 6) is 0. The maximum atomic E-state index is 5.58. The monoisotopic (exact) mass is 115 g/mol. The van der Waals surface area contributed by atoms with Gasteiger partial charge in [-0.2, -0.15) is 0 Å². The second-order valence-corrected chi connectivity index (χ2v) is 2.18. The van der Waals surface area contributed by atoms with E-state index in [2.05, 4.69) is 4.90 Å². The summed E-state index contributed by atoms with van der Waals surface area (Å²) in [6, 6.07) is 0. The van der Waals surface area contributed by atoms with Crippen LogP contribution in [-0.4, -0.2) is 30.7 Å². The van der Waals surface area contributed by atoms with E-state index in [1.54, 1.807) is 0 Å². The first kappa shape index (κ1) is 6.01. The lowest BCUT2D eigenvalue weighted by molar-refractivity contribution is 0.1000. The second kappa shape index (κ2) is 2.44. The lowest BCUT2D eigenvalue weighted by Gasteiger charge is -2.37. The van der Waals surface area contributed by atoms with Gasteiger partial charge < -0.3 is 11.5 Å². The van der Waals surface area contributed by atoms with Gasteiger partial charge in [-0.25, -0.2) is 0 Å². The molecular formula is C5H13N3. The number of rotatable bonds is 2. The predicted octanol–water partition coefficient (Wildman–Crippen LogP) is -1.06. The fourth-order valence-corrected chi connectivity index (χ4v) is 0.904. The Morgan fingerprint density at radius 2 is 2.38 bits per heavy atom. The van der Waals surface area contributed by atoms with Crippen LogP contribution in [0.4, 0.5) is 0 Å². The van der Waals surface area contributed by atoms with Gasteiger partial charge in [0.05, 0.1) is 6.17 Å². The van der Waals surface area contributed by atoms with Gasteiger partial charge in [-0.3, -0.25) is 4.90 Å². The normalized spacial score (nSPS) is 30.0. The Labute approximate surface area is 49.6 Å². The molecule has 0 saturated carbocycles. The lowest BCUT2D eigenvalue weighted by Crippen LogP contribution is -2.54. The standard InChI is InChI=1S/C5H13N3/c6-2-4-8-3-1-5(8)7/h5H,1-4,6-7H2. The fourth-order valence-electron chi connectivity index (χ4n) is 0.904. The summed E-state index contributed by atoms with van der Waals surface area (Å²) in [5, 5.41) is 0. The summed E-state index contributed by atoms with van der Waals surface area (Å²) >= 11 is 0. The van der Waals surface area contributed by atoms with Crippen molar-refractivity contribution in [1.29, 1.82) is 0 Å². The van der Waals surface area contributed by atoms with Crippen LogP contribution in [0.1, 0.15) is 6.42 Å². The van der Waals surface area contributed by atoms with Gasteiger partial charge in [-0.15, -0.1) is 0 Å². The molecule has 1 fully saturated rings. The number of nitrogens with zero attached hydrogens (tertiary/aromatic N) is 1. The molecule has 4 N–H and O–H groups in total. The SMILES string of the molecule is NCCN1CCC1N. The van der Waals surface area contributed by atoms with Gasteiger partial charge >= 0.3 is 0 Å². The first-order valence-electron chi connectivity index (χ1n) is 3.04. The van der Waals surface area contributed by atoms with E-state index in [1.807, 2.05) is 0 Å². The smallest absolute Gasteiger partial charge is 0.0584 e. The van der Waals surface area contributed by atoms with E-state index < -0.39 is 0 Å². The van der Waals surface area contributed by atoms with Crippen molar-refractivity contribution in [2.24, 2.45) is 11.5 Å². The van der Waals surface area contributed by atoms with E-state index in [-0.39, 0.29) is 0 Å². The third-order valence-corrected chi connectivity index (χ3v) is 1.60. The second-order valence-electron chi connectivity index (χ2n) is 2.18. The molecule has 0 aromatic heterocycles. The van der Waals surface area contributed by atoms with Gasteiger partial charge in [0.25, 0.3) is 0 Å². The van der Waals surface area contributed by atoms with Crippen LogP contribution < -0.4 is 11.5 Å². The number of likely N-dealkylation sites (tertiary alicyclic amines) is 1. The summed E-state index contributed by atoms with van der Waals surface area (Å²) in [6.45, 7) is 2.83. The van der Waals surface area contributed by atoms with E-state index in [1.165, 1.54) is 0 Å². The van der Waals surface area contributed by atoms with Gasteiger partial charge in [0.2, 0.25) is 0 Å². The molecule has 0 amide bonds. The van der Waals surface area contributed by atoms with Gasteiger partial charge in [0.15, 0.2) is 0 Å². The summed E-state index contributed by atoms with van der Waals surface area (Å²) < 4.78 is 0. The molecule has 0 aromatic rings. The molecule has 0 bridgehead atoms. The van der Waals surface area contributed by atoms with Crippen molar-refractivity contribution >= 4 is 0 Å². The quantitative estimate of drug-likeness (QED) is 0.482. The van der Waals surface area contributed by atoms with Gasteiger partial charge in [0, 0.05) is 19.6 Å². The highest BCUT2D eigenvalue weighted by atomic mass is 15.3. The van der Waals surface area contributed by atoms with Gasteiger partial charge in [-0.1, -0.05) is 0 Å². The van der Waals surface area contributed by atoms with Crippen LogP contribution >= 0.6 is 0 Å². The van der Waals surface area contributed by atoms with Crippen LogP contribution in [-0.2, 0) is 0 Å². The van der Waals surface area contributed by atoms with Gasteiger partial charge in [-0.05, 0) is 6.42 Å². The van der Waals surface area contributed by atoms with Crippen molar-refractivity contribution in [2.75, 3.05) is 19.6 Å². The highest BCUT2D eigenvalue weighted by Gasteiger charge is 2.21. The molecule has 0 radical (unpaired) electrons. The average molecular weight is 115 g/mol. The van der Waals surface area contributed by atoms with E-state index in [4.69, 9.17) is 11.5 Å². The summed E-state index contributed by atoms with van der Waals surface area (Å²) in [5.41, 5.74) is 10.9. The largest absolute Gasteiger partial charge is 0.329 e. The van der Waals surface area contributed by atoms with Crippen LogP contribution in [0.15, 0.2) is 0 Å². The van der Waals surface area contributed by atoms with Crippen LogP contribution in [0.5, 0.6) is 0 Å². The molecule has 0 aliphatic carbocycles. The Hall–Kier alpha value is -0.120. The van der Waals surface area contributed by atoms with Crippen LogP contribution in [0.2, 0.25) is 0 Å². The highest BCUT2D eigenvalue weighted by molar-refractivity contribution is 4.76. The number of hydrogen-bond donors (Lipinski definition) is 2. The van der Waals surface area contributed by atoms with Crippen molar-refractivity contribution < 1.29 is 0 Å². The Bertz CT molecular complexity index is 74.1. The summed E-state index contributed by atoms with van der Waals surface area (Å²) in [7, 11) is 0. The van der Waals surface area contributed by atoms with E-state index in [9.17, 15) is 0 Å². The zero-order valence-electron chi connectivity index (χ0n) is 5.01. The Kier molecular flexibility index (Phi) is 1.83. The third-order valence-electron chi connectivity index (χ3n) is 1.60. The van der Waals surface area contributed by atoms with E-state index in [0.29, 0.717) is 6.17 Å². The van der Waals surface area contributed by atoms with Crippen molar-refractivity contribution in [3.63, 3.8) is 0 Å². The van der Waals surface area contributed by atoms with E-state index >= 15 is 0 Å². The first-order chi connectivity index (χ1) is 3.84. The third kappa shape index (κ3) is 0.992. The van der Waals surface area contributed by atoms with Crippen molar-refractivity contribution in [3.8, 4) is 0 Å². The first-order valence-corrected chi connectivity index (χ1v) is 3.04. The predicted molar refractivity (Wildman–Crippen MR) is 33.2 cm³/mol. The molecule has 3 nitrogen and oxygen atoms in total. The molecule has 1 rings (SSSR count). The minimum atomic E-state index is 0.304. The lowest BCUT2D eigenvalue weighted by atomic mass is 10.1. The molecule has 0 aromatic carbocycles. The topological polar surface area (TPSA) is 55.3 Å². The molecule has 1 unspecified atom stereocenters. The molecule has 1 atom stereocenters. The molecule has 1 saturated heterocycles. The zero-order chi connectivity index (χ0) is 5.98. The Morgan fingerprint density at radius 3 is 2.50 bits per heavy atom. The van der Waals surface area contributed by atoms with E-state index in [0.717, 1.165) is 26.1 Å². The Morgan fingerprint density at radius 1 is 1.62 bits per heavy atom. The maximum absolute atomic E-state index is 5.58. The number of hydrogen-bond acceptors (Lipinski definition) is 3. The van der Waals surface area contributed by atoms with Gasteiger partial charge in [0.1, 0.15) is 0 Å². The molecule has 48 valence electrons. The van der Waals surface area contributed by atoms with Crippen molar-refractivity contribution in [1.82, 2.24) is 4.90 Å². The highest BCUT2D eigenvalue weighted by Crippen LogP contribution is 2.09. The molecule has 8 heavy (non-hydrogen) atoms. The fraction of sp³-hybridized carbons (Fsp3) is 1.00. The van der Waals surface area contributed by atoms with Crippen LogP contribution in [0.3, 0.4) is 0 Å². The Balaban J connectivity index is 2.08. The maximum Gasteiger partial charge on any atom is 0.0584 e. The number of nitrogens with two attached hydrogens (primary N) is 2. The molecule has 0 spiro atoms.